The normalized spacial score (nSPS) is 42.4. The smallest absolute Gasteiger partial charge is 0.304 e. The van der Waals surface area contributed by atoms with Gasteiger partial charge in [-0.3, -0.25) is 0 Å². The fourth-order valence-corrected chi connectivity index (χ4v) is 1.26. The van der Waals surface area contributed by atoms with Gasteiger partial charge in [-0.05, 0) is 0 Å². The first-order valence-corrected chi connectivity index (χ1v) is 3.98. The highest BCUT2D eigenvalue weighted by molar-refractivity contribution is 4.95. The Morgan fingerprint density at radius 3 is 2.43 bits per heavy atom. The van der Waals surface area contributed by atoms with Crippen LogP contribution < -0.4 is 0 Å². The summed E-state index contributed by atoms with van der Waals surface area (Å²) in [5.74, 6) is -3.69. The number of aliphatic hydroxyl groups excluding tert-OH is 3. The Kier molecular flexibility index (Phi) is 3.38. The van der Waals surface area contributed by atoms with Crippen LogP contribution in [-0.4, -0.2) is 59.6 Å². The van der Waals surface area contributed by atoms with Gasteiger partial charge in [0.15, 0.2) is 12.4 Å². The molecule has 0 radical (unpaired) electrons. The molecule has 7 heteroatoms. The minimum atomic E-state index is -3.69. The molecule has 0 aromatic carbocycles. The number of alkyl halides is 2. The van der Waals surface area contributed by atoms with Crippen LogP contribution in [0.5, 0.6) is 0 Å². The van der Waals surface area contributed by atoms with E-state index in [1.807, 2.05) is 0 Å². The van der Waals surface area contributed by atoms with Gasteiger partial charge in [-0.15, -0.1) is 0 Å². The molecule has 0 aromatic rings. The molecule has 0 saturated carbocycles. The summed E-state index contributed by atoms with van der Waals surface area (Å²) in [5, 5.41) is 26.8. The van der Waals surface area contributed by atoms with Gasteiger partial charge in [0, 0.05) is 7.11 Å². The molecule has 1 saturated heterocycles. The second kappa shape index (κ2) is 4.03. The van der Waals surface area contributed by atoms with Crippen molar-refractivity contribution in [2.24, 2.45) is 0 Å². The summed E-state index contributed by atoms with van der Waals surface area (Å²) in [4.78, 5) is 0. The highest BCUT2D eigenvalue weighted by Gasteiger charge is 2.57. The minimum absolute atomic E-state index is 0.962. The predicted molar refractivity (Wildman–Crippen MR) is 39.7 cm³/mol. The van der Waals surface area contributed by atoms with E-state index in [-0.39, 0.29) is 0 Å². The van der Waals surface area contributed by atoms with Crippen LogP contribution in [0, 0.1) is 0 Å². The van der Waals surface area contributed by atoms with Gasteiger partial charge >= 0.3 is 5.92 Å². The topological polar surface area (TPSA) is 79.2 Å². The lowest BCUT2D eigenvalue weighted by Crippen LogP contribution is -2.63. The first-order valence-electron chi connectivity index (χ1n) is 3.98. The highest BCUT2D eigenvalue weighted by atomic mass is 19.3. The third-order valence-electron chi connectivity index (χ3n) is 2.12. The van der Waals surface area contributed by atoms with Crippen LogP contribution >= 0.6 is 0 Å². The lowest BCUT2D eigenvalue weighted by molar-refractivity contribution is -0.340. The summed E-state index contributed by atoms with van der Waals surface area (Å²) in [5.41, 5.74) is 0. The number of aliphatic hydroxyl groups is 3. The molecule has 84 valence electrons. The van der Waals surface area contributed by atoms with E-state index in [4.69, 9.17) is 15.3 Å². The Morgan fingerprint density at radius 2 is 2.00 bits per heavy atom. The number of hydrogen-bond acceptors (Lipinski definition) is 5. The van der Waals surface area contributed by atoms with Gasteiger partial charge in [0.2, 0.25) is 0 Å². The molecule has 1 aliphatic heterocycles. The quantitative estimate of drug-likeness (QED) is 0.533. The van der Waals surface area contributed by atoms with Crippen molar-refractivity contribution in [1.29, 1.82) is 0 Å². The molecule has 0 aromatic heterocycles. The maximum Gasteiger partial charge on any atom is 0.304 e. The second-order valence-corrected chi connectivity index (χ2v) is 3.02. The molecule has 5 nitrogen and oxygen atoms in total. The molecule has 14 heavy (non-hydrogen) atoms. The molecule has 0 bridgehead atoms. The summed E-state index contributed by atoms with van der Waals surface area (Å²) >= 11 is 0. The Hall–Kier alpha value is -0.340. The summed E-state index contributed by atoms with van der Waals surface area (Å²) in [7, 11) is 1.14. The average molecular weight is 214 g/mol. The molecule has 3 N–H and O–H groups in total. The van der Waals surface area contributed by atoms with Gasteiger partial charge < -0.3 is 24.8 Å². The molecule has 0 aliphatic carbocycles. The maximum atomic E-state index is 13.1. The van der Waals surface area contributed by atoms with Crippen molar-refractivity contribution in [1.82, 2.24) is 0 Å². The van der Waals surface area contributed by atoms with Crippen LogP contribution in [0.15, 0.2) is 0 Å². The number of methoxy groups -OCH3 is 1. The Labute approximate surface area is 78.9 Å². The molecule has 0 spiro atoms. The Bertz CT molecular complexity index is 197. The van der Waals surface area contributed by atoms with E-state index in [0.29, 0.717) is 0 Å². The van der Waals surface area contributed by atoms with Crippen molar-refractivity contribution >= 4 is 0 Å². The first kappa shape index (κ1) is 11.7. The van der Waals surface area contributed by atoms with E-state index in [0.717, 1.165) is 7.11 Å². The van der Waals surface area contributed by atoms with E-state index in [1.54, 1.807) is 0 Å². The molecular weight excluding hydrogens is 202 g/mol. The standard InChI is InChI=1S/C7H12F2O5/c1-13-6-4(11)5(12)7(8,9)3(2-10)14-6/h3-6,10-12H,2H2,1H3/t3-,4-,5-,6+/m1/s1. The summed E-state index contributed by atoms with van der Waals surface area (Å²) < 4.78 is 35.2. The van der Waals surface area contributed by atoms with Crippen molar-refractivity contribution in [3.8, 4) is 0 Å². The zero-order valence-corrected chi connectivity index (χ0v) is 7.43. The molecule has 0 amide bonds. The summed E-state index contributed by atoms with van der Waals surface area (Å²) in [6.45, 7) is -0.962. The molecule has 4 atom stereocenters. The molecule has 0 unspecified atom stereocenters. The molecule has 1 heterocycles. The third kappa shape index (κ3) is 1.73. The minimum Gasteiger partial charge on any atom is -0.393 e. The summed E-state index contributed by atoms with van der Waals surface area (Å²) in [6.07, 6.45) is -7.37. The third-order valence-corrected chi connectivity index (χ3v) is 2.12. The number of halogens is 2. The molecule has 1 rings (SSSR count). The van der Waals surface area contributed by atoms with Crippen LogP contribution in [0.4, 0.5) is 8.78 Å². The molecule has 1 aliphatic rings. The van der Waals surface area contributed by atoms with E-state index >= 15 is 0 Å². The van der Waals surface area contributed by atoms with Crippen molar-refractivity contribution in [2.45, 2.75) is 30.5 Å². The van der Waals surface area contributed by atoms with Crippen molar-refractivity contribution in [2.75, 3.05) is 13.7 Å². The largest absolute Gasteiger partial charge is 0.393 e. The van der Waals surface area contributed by atoms with Crippen molar-refractivity contribution in [3.63, 3.8) is 0 Å². The number of hydrogen-bond donors (Lipinski definition) is 3. The first-order chi connectivity index (χ1) is 6.45. The van der Waals surface area contributed by atoms with Crippen molar-refractivity contribution in [3.05, 3.63) is 0 Å². The van der Waals surface area contributed by atoms with Crippen LogP contribution in [-0.2, 0) is 9.47 Å². The predicted octanol–water partition coefficient (Wildman–Crippen LogP) is -1.29. The monoisotopic (exact) mass is 214 g/mol. The van der Waals surface area contributed by atoms with Gasteiger partial charge in [0.05, 0.1) is 6.61 Å². The van der Waals surface area contributed by atoms with Crippen LogP contribution in [0.3, 0.4) is 0 Å². The molecular formula is C7H12F2O5. The van der Waals surface area contributed by atoms with E-state index in [2.05, 4.69) is 9.47 Å². The zero-order chi connectivity index (χ0) is 10.9. The maximum absolute atomic E-state index is 13.1. The Morgan fingerprint density at radius 1 is 1.43 bits per heavy atom. The fourth-order valence-electron chi connectivity index (χ4n) is 1.26. The number of ether oxygens (including phenoxy) is 2. The van der Waals surface area contributed by atoms with Gasteiger partial charge in [-0.25, -0.2) is 8.78 Å². The van der Waals surface area contributed by atoms with Crippen LogP contribution in [0.1, 0.15) is 0 Å². The average Bonchev–Trinajstić information content (AvgIpc) is 2.15. The SMILES string of the molecule is CO[C@H]1O[C@H](CO)C(F)(F)[C@H](O)[C@H]1O. The van der Waals surface area contributed by atoms with Gasteiger partial charge in [-0.1, -0.05) is 0 Å². The van der Waals surface area contributed by atoms with E-state index in [1.165, 1.54) is 0 Å². The van der Waals surface area contributed by atoms with Crippen LogP contribution in [0.2, 0.25) is 0 Å². The summed E-state index contributed by atoms with van der Waals surface area (Å²) in [6, 6.07) is 0. The second-order valence-electron chi connectivity index (χ2n) is 3.02. The van der Waals surface area contributed by atoms with Gasteiger partial charge in [0.25, 0.3) is 0 Å². The number of rotatable bonds is 2. The lowest BCUT2D eigenvalue weighted by atomic mass is 9.98. The van der Waals surface area contributed by atoms with E-state index < -0.39 is 37.1 Å². The zero-order valence-electron chi connectivity index (χ0n) is 7.43. The van der Waals surface area contributed by atoms with Gasteiger partial charge in [-0.2, -0.15) is 0 Å². The van der Waals surface area contributed by atoms with E-state index in [9.17, 15) is 8.78 Å². The lowest BCUT2D eigenvalue weighted by Gasteiger charge is -2.41. The highest BCUT2D eigenvalue weighted by Crippen LogP contribution is 2.34. The fraction of sp³-hybridized carbons (Fsp3) is 1.00. The van der Waals surface area contributed by atoms with Gasteiger partial charge in [0.1, 0.15) is 12.2 Å². The van der Waals surface area contributed by atoms with Crippen LogP contribution in [0.25, 0.3) is 0 Å². The van der Waals surface area contributed by atoms with Crippen molar-refractivity contribution < 1.29 is 33.6 Å². The molecule has 1 fully saturated rings. The Balaban J connectivity index is 2.83.